The molecular weight excluding hydrogens is 224 g/mol. The van der Waals surface area contributed by atoms with Gasteiger partial charge in [0, 0.05) is 25.2 Å². The van der Waals surface area contributed by atoms with Crippen molar-refractivity contribution in [1.29, 1.82) is 0 Å². The van der Waals surface area contributed by atoms with Gasteiger partial charge in [-0.2, -0.15) is 0 Å². The van der Waals surface area contributed by atoms with E-state index in [4.69, 9.17) is 5.73 Å². The highest BCUT2D eigenvalue weighted by Gasteiger charge is 2.48. The maximum Gasteiger partial charge on any atom is 0.229 e. The fourth-order valence-electron chi connectivity index (χ4n) is 3.21. The van der Waals surface area contributed by atoms with E-state index in [0.29, 0.717) is 6.54 Å². The van der Waals surface area contributed by atoms with Crippen LogP contribution in [0.25, 0.3) is 0 Å². The van der Waals surface area contributed by atoms with Crippen LogP contribution in [0.3, 0.4) is 0 Å². The SMILES string of the molecule is CN(C(=O)C1CC2CC2C1)c1cccc(CN)c1. The molecule has 0 bridgehead atoms. The third-order valence-corrected chi connectivity index (χ3v) is 4.46. The monoisotopic (exact) mass is 244 g/mol. The van der Waals surface area contributed by atoms with Crippen LogP contribution >= 0.6 is 0 Å². The quantitative estimate of drug-likeness (QED) is 0.885. The summed E-state index contributed by atoms with van der Waals surface area (Å²) in [4.78, 5) is 14.2. The smallest absolute Gasteiger partial charge is 0.229 e. The molecule has 2 atom stereocenters. The predicted molar refractivity (Wildman–Crippen MR) is 72.1 cm³/mol. The average molecular weight is 244 g/mol. The number of fused-ring (bicyclic) bond motifs is 1. The van der Waals surface area contributed by atoms with Crippen molar-refractivity contribution in [2.45, 2.75) is 25.8 Å². The van der Waals surface area contributed by atoms with Gasteiger partial charge in [0.15, 0.2) is 0 Å². The van der Waals surface area contributed by atoms with Crippen molar-refractivity contribution >= 4 is 11.6 Å². The van der Waals surface area contributed by atoms with Crippen LogP contribution in [-0.2, 0) is 11.3 Å². The molecule has 96 valence electrons. The van der Waals surface area contributed by atoms with Crippen LogP contribution in [-0.4, -0.2) is 13.0 Å². The minimum atomic E-state index is 0.250. The first-order valence-corrected chi connectivity index (χ1v) is 6.75. The van der Waals surface area contributed by atoms with Crippen LogP contribution in [0.4, 0.5) is 5.69 Å². The molecule has 1 aromatic carbocycles. The Hall–Kier alpha value is -1.35. The molecule has 0 heterocycles. The lowest BCUT2D eigenvalue weighted by molar-refractivity contribution is -0.122. The molecule has 1 aromatic rings. The number of hydrogen-bond acceptors (Lipinski definition) is 2. The lowest BCUT2D eigenvalue weighted by atomic mass is 10.0. The molecule has 18 heavy (non-hydrogen) atoms. The van der Waals surface area contributed by atoms with Crippen molar-refractivity contribution in [3.8, 4) is 0 Å². The summed E-state index contributed by atoms with van der Waals surface area (Å²) in [5.41, 5.74) is 7.67. The minimum Gasteiger partial charge on any atom is -0.326 e. The van der Waals surface area contributed by atoms with E-state index in [1.54, 1.807) is 4.90 Å². The average Bonchev–Trinajstić information content (AvgIpc) is 3.03. The number of benzene rings is 1. The Morgan fingerprint density at radius 1 is 1.33 bits per heavy atom. The van der Waals surface area contributed by atoms with Crippen LogP contribution in [0, 0.1) is 17.8 Å². The molecule has 2 N–H and O–H groups in total. The Kier molecular flexibility index (Phi) is 2.86. The third kappa shape index (κ3) is 2.03. The number of nitrogens with zero attached hydrogens (tertiary/aromatic N) is 1. The second kappa shape index (κ2) is 4.39. The summed E-state index contributed by atoms with van der Waals surface area (Å²) in [5.74, 6) is 2.22. The van der Waals surface area contributed by atoms with Gasteiger partial charge in [-0.3, -0.25) is 4.79 Å². The summed E-state index contributed by atoms with van der Waals surface area (Å²) in [7, 11) is 1.88. The van der Waals surface area contributed by atoms with Gasteiger partial charge in [-0.15, -0.1) is 0 Å². The van der Waals surface area contributed by atoms with Crippen LogP contribution < -0.4 is 10.6 Å². The first-order valence-electron chi connectivity index (χ1n) is 6.75. The van der Waals surface area contributed by atoms with E-state index in [1.807, 2.05) is 31.3 Å². The third-order valence-electron chi connectivity index (χ3n) is 4.46. The van der Waals surface area contributed by atoms with E-state index in [1.165, 1.54) is 6.42 Å². The number of anilines is 1. The van der Waals surface area contributed by atoms with Crippen molar-refractivity contribution in [3.05, 3.63) is 29.8 Å². The van der Waals surface area contributed by atoms with Gasteiger partial charge in [-0.05, 0) is 48.8 Å². The number of carbonyl (C=O) groups excluding carboxylic acids is 1. The molecule has 3 nitrogen and oxygen atoms in total. The Morgan fingerprint density at radius 2 is 2.06 bits per heavy atom. The molecule has 2 fully saturated rings. The van der Waals surface area contributed by atoms with Gasteiger partial charge in [0.2, 0.25) is 5.91 Å². The summed E-state index contributed by atoms with van der Waals surface area (Å²) < 4.78 is 0. The van der Waals surface area contributed by atoms with Gasteiger partial charge in [-0.1, -0.05) is 12.1 Å². The Morgan fingerprint density at radius 3 is 2.72 bits per heavy atom. The molecule has 0 radical (unpaired) electrons. The van der Waals surface area contributed by atoms with E-state index in [2.05, 4.69) is 0 Å². The topological polar surface area (TPSA) is 46.3 Å². The van der Waals surface area contributed by atoms with Gasteiger partial charge in [0.25, 0.3) is 0 Å². The maximum atomic E-state index is 12.4. The zero-order valence-electron chi connectivity index (χ0n) is 10.8. The number of hydrogen-bond donors (Lipinski definition) is 1. The van der Waals surface area contributed by atoms with Crippen molar-refractivity contribution in [3.63, 3.8) is 0 Å². The minimum absolute atomic E-state index is 0.250. The van der Waals surface area contributed by atoms with E-state index in [0.717, 1.165) is 35.9 Å². The fraction of sp³-hybridized carbons (Fsp3) is 0.533. The zero-order valence-corrected chi connectivity index (χ0v) is 10.8. The summed E-state index contributed by atoms with van der Waals surface area (Å²) in [5, 5.41) is 0. The van der Waals surface area contributed by atoms with Gasteiger partial charge in [0.1, 0.15) is 0 Å². The number of nitrogens with two attached hydrogens (primary N) is 1. The second-order valence-corrected chi connectivity index (χ2v) is 5.70. The molecule has 2 aliphatic rings. The van der Waals surface area contributed by atoms with Crippen molar-refractivity contribution in [2.75, 3.05) is 11.9 Å². The summed E-state index contributed by atoms with van der Waals surface area (Å²) in [6.07, 6.45) is 3.56. The highest BCUT2D eigenvalue weighted by atomic mass is 16.2. The van der Waals surface area contributed by atoms with E-state index >= 15 is 0 Å². The lowest BCUT2D eigenvalue weighted by Crippen LogP contribution is -2.32. The summed E-state index contributed by atoms with van der Waals surface area (Å²) >= 11 is 0. The first kappa shape index (κ1) is 11.7. The van der Waals surface area contributed by atoms with Gasteiger partial charge in [0.05, 0.1) is 0 Å². The molecule has 2 unspecified atom stereocenters. The molecule has 0 spiro atoms. The molecule has 0 aromatic heterocycles. The summed E-state index contributed by atoms with van der Waals surface area (Å²) in [6, 6.07) is 7.94. The fourth-order valence-corrected chi connectivity index (χ4v) is 3.21. The van der Waals surface area contributed by atoms with Crippen LogP contribution in [0.1, 0.15) is 24.8 Å². The largest absolute Gasteiger partial charge is 0.326 e. The molecule has 3 rings (SSSR count). The molecule has 1 amide bonds. The molecule has 0 aliphatic heterocycles. The standard InChI is InChI=1S/C15H20N2O/c1-17(14-4-2-3-10(5-14)9-16)15(18)13-7-11-6-12(11)8-13/h2-5,11-13H,6-9,16H2,1H3. The molecule has 3 heteroatoms. The van der Waals surface area contributed by atoms with Gasteiger partial charge >= 0.3 is 0 Å². The number of carbonyl (C=O) groups is 1. The highest BCUT2D eigenvalue weighted by Crippen LogP contribution is 2.54. The van der Waals surface area contributed by atoms with E-state index < -0.39 is 0 Å². The zero-order chi connectivity index (χ0) is 12.7. The van der Waals surface area contributed by atoms with E-state index in [9.17, 15) is 4.79 Å². The van der Waals surface area contributed by atoms with Gasteiger partial charge < -0.3 is 10.6 Å². The number of rotatable bonds is 3. The molecule has 2 saturated carbocycles. The van der Waals surface area contributed by atoms with Crippen molar-refractivity contribution in [2.24, 2.45) is 23.5 Å². The molecule has 2 aliphatic carbocycles. The predicted octanol–water partition coefficient (Wildman–Crippen LogP) is 2.15. The highest BCUT2D eigenvalue weighted by molar-refractivity contribution is 5.94. The van der Waals surface area contributed by atoms with E-state index in [-0.39, 0.29) is 11.8 Å². The number of amides is 1. The lowest BCUT2D eigenvalue weighted by Gasteiger charge is -2.22. The van der Waals surface area contributed by atoms with Crippen LogP contribution in [0.2, 0.25) is 0 Å². The summed E-state index contributed by atoms with van der Waals surface area (Å²) in [6.45, 7) is 0.517. The Bertz CT molecular complexity index is 461. The van der Waals surface area contributed by atoms with Crippen LogP contribution in [0.5, 0.6) is 0 Å². The Labute approximate surface area is 108 Å². The van der Waals surface area contributed by atoms with Crippen molar-refractivity contribution < 1.29 is 4.79 Å². The molecular formula is C15H20N2O. The second-order valence-electron chi connectivity index (χ2n) is 5.70. The van der Waals surface area contributed by atoms with Crippen molar-refractivity contribution in [1.82, 2.24) is 0 Å². The van der Waals surface area contributed by atoms with Gasteiger partial charge in [-0.25, -0.2) is 0 Å². The first-order chi connectivity index (χ1) is 8.69. The van der Waals surface area contributed by atoms with Crippen LogP contribution in [0.15, 0.2) is 24.3 Å². The maximum absolute atomic E-state index is 12.4. The molecule has 0 saturated heterocycles. The Balaban J connectivity index is 1.72. The normalized spacial score (nSPS) is 28.9.